The fraction of sp³-hybridized carbons (Fsp3) is 0.744. The van der Waals surface area contributed by atoms with Crippen LogP contribution in [0.2, 0.25) is 0 Å². The van der Waals surface area contributed by atoms with E-state index in [9.17, 15) is 28.8 Å². The molecule has 286 valence electrons. The van der Waals surface area contributed by atoms with Crippen LogP contribution in [0.1, 0.15) is 134 Å². The summed E-state index contributed by atoms with van der Waals surface area (Å²) < 4.78 is 0. The summed E-state index contributed by atoms with van der Waals surface area (Å²) in [5, 5.41) is 11.6. The quantitative estimate of drug-likeness (QED) is 0.211. The highest BCUT2D eigenvalue weighted by atomic mass is 16.2. The summed E-state index contributed by atoms with van der Waals surface area (Å²) in [4.78, 5) is 92.4. The summed E-state index contributed by atoms with van der Waals surface area (Å²) in [7, 11) is 0. The van der Waals surface area contributed by atoms with Gasteiger partial charge in [-0.15, -0.1) is 0 Å². The lowest BCUT2D eigenvalue weighted by molar-refractivity contribution is -0.146. The summed E-state index contributed by atoms with van der Waals surface area (Å²) in [5.74, 6) is -3.08. The van der Waals surface area contributed by atoms with Gasteiger partial charge in [0.25, 0.3) is 11.8 Å². The second-order valence-corrected chi connectivity index (χ2v) is 16.5. The zero-order chi connectivity index (χ0) is 37.4. The number of carbonyl (C=O) groups is 6. The molecule has 0 spiro atoms. The van der Waals surface area contributed by atoms with Crippen molar-refractivity contribution < 1.29 is 28.8 Å². The van der Waals surface area contributed by atoms with E-state index in [1.54, 1.807) is 4.90 Å². The van der Waals surface area contributed by atoms with Gasteiger partial charge in [0, 0.05) is 25.0 Å². The van der Waals surface area contributed by atoms with E-state index < -0.39 is 59.0 Å². The van der Waals surface area contributed by atoms with Gasteiger partial charge < -0.3 is 26.2 Å². The lowest BCUT2D eigenvalue weighted by atomic mass is 9.76. The second-order valence-electron chi connectivity index (χ2n) is 16.5. The normalized spacial score (nSPS) is 23.2. The molecule has 52 heavy (non-hydrogen) atoms. The number of amides is 5. The molecule has 0 radical (unpaired) electrons. The van der Waals surface area contributed by atoms with Crippen LogP contribution in [0.5, 0.6) is 0 Å². The highest BCUT2D eigenvalue weighted by Gasteiger charge is 2.49. The molecule has 1 aromatic heterocycles. The van der Waals surface area contributed by atoms with E-state index in [0.717, 1.165) is 77.0 Å². The first-order valence-corrected chi connectivity index (χ1v) is 19.7. The van der Waals surface area contributed by atoms with Crippen LogP contribution in [-0.4, -0.2) is 86.9 Å². The molecule has 0 bridgehead atoms. The fourth-order valence-corrected chi connectivity index (χ4v) is 8.46. The smallest absolute Gasteiger partial charge is 0.289 e. The van der Waals surface area contributed by atoms with Crippen molar-refractivity contribution >= 4 is 35.3 Å². The maximum absolute atomic E-state index is 14.8. The topological polar surface area (TPSA) is 180 Å². The van der Waals surface area contributed by atoms with Gasteiger partial charge in [0.15, 0.2) is 0 Å². The maximum atomic E-state index is 14.8. The van der Waals surface area contributed by atoms with Crippen LogP contribution in [-0.2, 0) is 24.0 Å². The minimum atomic E-state index is -1.00. The number of nitrogens with one attached hydrogen (secondary N) is 4. The summed E-state index contributed by atoms with van der Waals surface area (Å²) in [6, 6.07) is -3.72. The highest BCUT2D eigenvalue weighted by Crippen LogP contribution is 2.40. The number of rotatable bonds is 14. The number of ketones is 1. The molecule has 5 amide bonds. The van der Waals surface area contributed by atoms with Gasteiger partial charge in [-0.3, -0.25) is 33.8 Å². The van der Waals surface area contributed by atoms with E-state index in [0.29, 0.717) is 25.8 Å². The molecule has 13 nitrogen and oxygen atoms in total. The first-order valence-electron chi connectivity index (χ1n) is 19.7. The Morgan fingerprint density at radius 3 is 2.12 bits per heavy atom. The molecule has 1 aliphatic heterocycles. The van der Waals surface area contributed by atoms with E-state index in [4.69, 9.17) is 0 Å². The van der Waals surface area contributed by atoms with Crippen LogP contribution < -0.4 is 21.3 Å². The van der Waals surface area contributed by atoms with Crippen molar-refractivity contribution in [3.63, 3.8) is 0 Å². The van der Waals surface area contributed by atoms with Crippen molar-refractivity contribution in [1.29, 1.82) is 0 Å². The first kappa shape index (κ1) is 39.3. The number of aromatic nitrogens is 2. The Bertz CT molecular complexity index is 1430. The number of nitrogens with zero attached hydrogens (tertiary/aromatic N) is 3. The number of carbonyl (C=O) groups excluding carboxylic acids is 6. The third kappa shape index (κ3) is 9.95. The third-order valence-corrected chi connectivity index (χ3v) is 11.5. The molecule has 4 fully saturated rings. The molecule has 1 saturated heterocycles. The van der Waals surface area contributed by atoms with Gasteiger partial charge in [0.2, 0.25) is 23.5 Å². The zero-order valence-corrected chi connectivity index (χ0v) is 31.5. The van der Waals surface area contributed by atoms with Gasteiger partial charge in [0.05, 0.1) is 12.2 Å². The minimum Gasteiger partial charge on any atom is -0.347 e. The monoisotopic (exact) mass is 721 g/mol. The molecule has 3 saturated carbocycles. The zero-order valence-electron chi connectivity index (χ0n) is 31.5. The van der Waals surface area contributed by atoms with Crippen LogP contribution in [0, 0.1) is 23.2 Å². The van der Waals surface area contributed by atoms with E-state index in [1.807, 2.05) is 27.7 Å². The Hall–Kier alpha value is -3.90. The van der Waals surface area contributed by atoms with Crippen LogP contribution >= 0.6 is 0 Å². The molecule has 13 heteroatoms. The molecular formula is C39H59N7O6. The van der Waals surface area contributed by atoms with Gasteiger partial charge in [-0.1, -0.05) is 85.5 Å². The van der Waals surface area contributed by atoms with Crippen molar-refractivity contribution in [2.75, 3.05) is 6.54 Å². The number of hydrogen-bond acceptors (Lipinski definition) is 8. The predicted molar refractivity (Wildman–Crippen MR) is 194 cm³/mol. The molecule has 4 aliphatic rings. The number of Topliss-reactive ketones (excluding diaryl/α,β-unsaturated/α-hetero) is 1. The van der Waals surface area contributed by atoms with Crippen molar-refractivity contribution in [2.45, 2.75) is 154 Å². The SMILES string of the molecule is CCC[C@H](NC(=O)[C@@H]1[C@@H](C2CCCCC2)CCN1C(=O)[C@@H](NC(=O)[C@@H](NC(=O)c1cnccn1)C1CCCCC1)C(C)(C)C)C(=O)C(=O)NC1CC1. The Morgan fingerprint density at radius 1 is 0.846 bits per heavy atom. The van der Waals surface area contributed by atoms with Gasteiger partial charge in [-0.05, 0) is 61.7 Å². The molecule has 0 aromatic carbocycles. The van der Waals surface area contributed by atoms with E-state index in [-0.39, 0.29) is 35.4 Å². The Balaban J connectivity index is 1.39. The van der Waals surface area contributed by atoms with Crippen LogP contribution in [0.4, 0.5) is 0 Å². The van der Waals surface area contributed by atoms with Crippen molar-refractivity contribution in [2.24, 2.45) is 23.2 Å². The highest BCUT2D eigenvalue weighted by molar-refractivity contribution is 6.38. The standard InChI is InChI=1S/C39H59N7O6/c1-5-12-28(32(47)37(51)42-26-17-18-26)43-36(50)31-27(24-13-8-6-9-14-24)19-22-46(31)38(52)33(39(2,3)4)45-35(49)30(25-15-10-7-11-16-25)44-34(48)29-23-40-20-21-41-29/h20-21,23-28,30-31,33H,5-19,22H2,1-4H3,(H,42,51)(H,43,50)(H,44,48)(H,45,49)/t27-,28+,30+,31+,33-/m1/s1. The van der Waals surface area contributed by atoms with Gasteiger partial charge in [0.1, 0.15) is 23.8 Å². The van der Waals surface area contributed by atoms with E-state index >= 15 is 0 Å². The minimum absolute atomic E-state index is 0.00985. The largest absolute Gasteiger partial charge is 0.347 e. The van der Waals surface area contributed by atoms with Crippen molar-refractivity contribution in [1.82, 2.24) is 36.1 Å². The van der Waals surface area contributed by atoms with Gasteiger partial charge in [-0.2, -0.15) is 0 Å². The molecule has 5 rings (SSSR count). The first-order chi connectivity index (χ1) is 24.9. The summed E-state index contributed by atoms with van der Waals surface area (Å²) >= 11 is 0. The van der Waals surface area contributed by atoms with Crippen molar-refractivity contribution in [3.05, 3.63) is 24.3 Å². The summed E-state index contributed by atoms with van der Waals surface area (Å²) in [6.07, 6.45) is 17.1. The van der Waals surface area contributed by atoms with Crippen LogP contribution in [0.3, 0.4) is 0 Å². The molecule has 3 aliphatic carbocycles. The molecule has 1 aromatic rings. The molecule has 2 heterocycles. The number of hydrogen-bond donors (Lipinski definition) is 4. The van der Waals surface area contributed by atoms with Crippen LogP contribution in [0.25, 0.3) is 0 Å². The molecule has 5 atom stereocenters. The summed E-state index contributed by atoms with van der Waals surface area (Å²) in [6.45, 7) is 7.87. The number of likely N-dealkylation sites (tertiary alicyclic amines) is 1. The molecule has 0 unspecified atom stereocenters. The second kappa shape index (κ2) is 17.7. The lowest BCUT2D eigenvalue weighted by Crippen LogP contribution is -2.62. The van der Waals surface area contributed by atoms with E-state index in [1.165, 1.54) is 18.6 Å². The molecular weight excluding hydrogens is 662 g/mol. The van der Waals surface area contributed by atoms with Gasteiger partial charge in [-0.25, -0.2) is 4.98 Å². The van der Waals surface area contributed by atoms with Crippen LogP contribution in [0.15, 0.2) is 18.6 Å². The average Bonchev–Trinajstić information content (AvgIpc) is 3.85. The Kier molecular flexibility index (Phi) is 13.4. The molecule has 4 N–H and O–H groups in total. The Morgan fingerprint density at radius 2 is 1.52 bits per heavy atom. The Labute approximate surface area is 308 Å². The lowest BCUT2D eigenvalue weighted by Gasteiger charge is -2.39. The predicted octanol–water partition coefficient (Wildman–Crippen LogP) is 3.62. The summed E-state index contributed by atoms with van der Waals surface area (Å²) in [5.41, 5.74) is -0.645. The fourth-order valence-electron chi connectivity index (χ4n) is 8.46. The van der Waals surface area contributed by atoms with E-state index in [2.05, 4.69) is 31.2 Å². The maximum Gasteiger partial charge on any atom is 0.289 e. The van der Waals surface area contributed by atoms with Gasteiger partial charge >= 0.3 is 0 Å². The van der Waals surface area contributed by atoms with Crippen molar-refractivity contribution in [3.8, 4) is 0 Å². The third-order valence-electron chi connectivity index (χ3n) is 11.5. The average molecular weight is 722 g/mol.